The van der Waals surface area contributed by atoms with E-state index in [-0.39, 0.29) is 23.6 Å². The molecular weight excluding hydrogens is 524 g/mol. The third-order valence-electron chi connectivity index (χ3n) is 7.68. The van der Waals surface area contributed by atoms with Gasteiger partial charge in [-0.25, -0.2) is 4.79 Å². The maximum absolute atomic E-state index is 13.6. The van der Waals surface area contributed by atoms with E-state index in [4.69, 9.17) is 11.5 Å². The predicted octanol–water partition coefficient (Wildman–Crippen LogP) is -1.29. The van der Waals surface area contributed by atoms with Gasteiger partial charge in [-0.3, -0.25) is 24.7 Å². The highest BCUT2D eigenvalue weighted by atomic mass is 16.2. The van der Waals surface area contributed by atoms with Crippen LogP contribution in [0.2, 0.25) is 0 Å². The Hall–Kier alpha value is -3.35. The molecule has 3 rings (SSSR count). The number of hydrogen-bond donors (Lipinski definition) is 7. The fraction of sp³-hybridized carbons (Fsp3) is 0.621. The van der Waals surface area contributed by atoms with E-state index in [0.29, 0.717) is 56.6 Å². The molecule has 226 valence electrons. The van der Waals surface area contributed by atoms with Gasteiger partial charge in [-0.15, -0.1) is 0 Å². The molecule has 0 saturated carbocycles. The van der Waals surface area contributed by atoms with E-state index in [1.165, 1.54) is 0 Å². The van der Waals surface area contributed by atoms with Gasteiger partial charge in [0, 0.05) is 13.0 Å². The highest BCUT2D eigenvalue weighted by molar-refractivity contribution is 6.15. The highest BCUT2D eigenvalue weighted by Crippen LogP contribution is 2.38. The van der Waals surface area contributed by atoms with Crippen LogP contribution in [0.15, 0.2) is 30.3 Å². The molecule has 41 heavy (non-hydrogen) atoms. The first-order chi connectivity index (χ1) is 19.5. The molecule has 0 aliphatic carbocycles. The molecule has 4 amide bonds. The third kappa shape index (κ3) is 8.34. The molecule has 0 radical (unpaired) electrons. The molecule has 1 aromatic carbocycles. The number of carbonyl (C=O) groups is 4. The average Bonchev–Trinajstić information content (AvgIpc) is 3.52. The number of amides is 4. The molecule has 4 unspecified atom stereocenters. The zero-order valence-electron chi connectivity index (χ0n) is 24.7. The van der Waals surface area contributed by atoms with Crippen molar-refractivity contribution in [3.8, 4) is 0 Å². The van der Waals surface area contributed by atoms with Gasteiger partial charge in [0.25, 0.3) is 5.91 Å². The van der Waals surface area contributed by atoms with Gasteiger partial charge in [-0.05, 0) is 51.1 Å². The van der Waals surface area contributed by atoms with Crippen molar-refractivity contribution in [2.24, 2.45) is 17.4 Å². The van der Waals surface area contributed by atoms with E-state index in [0.717, 1.165) is 6.42 Å². The Balaban J connectivity index is 1.92. The van der Waals surface area contributed by atoms with E-state index in [9.17, 15) is 19.2 Å². The van der Waals surface area contributed by atoms with E-state index < -0.39 is 35.9 Å². The number of rotatable bonds is 8. The van der Waals surface area contributed by atoms with Crippen LogP contribution in [0.5, 0.6) is 0 Å². The van der Waals surface area contributed by atoms with Gasteiger partial charge in [0.2, 0.25) is 17.4 Å². The first kappa shape index (κ1) is 32.2. The smallest absolute Gasteiger partial charge is 0.313 e. The second-order valence-corrected chi connectivity index (χ2v) is 11.3. The number of hydrogen-bond acceptors (Lipinski definition) is 7. The summed E-state index contributed by atoms with van der Waals surface area (Å²) in [7, 11) is 0. The van der Waals surface area contributed by atoms with Gasteiger partial charge < -0.3 is 27.4 Å². The lowest BCUT2D eigenvalue weighted by Crippen LogP contribution is -2.83. The Morgan fingerprint density at radius 2 is 1.80 bits per heavy atom. The number of nitrogens with one attached hydrogen (secondary N) is 5. The van der Waals surface area contributed by atoms with Gasteiger partial charge in [-0.1, -0.05) is 51.1 Å². The molecule has 2 aliphatic rings. The lowest BCUT2D eigenvalue weighted by atomic mass is 10.0. The topological polar surface area (TPSA) is 185 Å². The summed E-state index contributed by atoms with van der Waals surface area (Å²) in [4.78, 5) is 58.4. The zero-order chi connectivity index (χ0) is 30.2. The minimum atomic E-state index is -0.900. The zero-order valence-corrected chi connectivity index (χ0v) is 24.7. The summed E-state index contributed by atoms with van der Waals surface area (Å²) in [5.74, 6) is -0.662. The molecule has 2 heterocycles. The van der Waals surface area contributed by atoms with Gasteiger partial charge >= 0.3 is 11.7 Å². The van der Waals surface area contributed by atoms with E-state index in [2.05, 4.69) is 26.3 Å². The SMILES string of the molecule is CCC1NC(=O)C(CCCNC(N)N)[NH+]=C2N(C(=O)C(C)C)C2(C)CCCCNC(=O)C(c2ccccc2)NC1=O. The average molecular weight is 572 g/mol. The quantitative estimate of drug-likeness (QED) is 0.115. The molecule has 2 aliphatic heterocycles. The van der Waals surface area contributed by atoms with Crippen LogP contribution in [0.4, 0.5) is 0 Å². The van der Waals surface area contributed by atoms with E-state index in [1.54, 1.807) is 24.0 Å². The van der Waals surface area contributed by atoms with Crippen molar-refractivity contribution < 1.29 is 24.2 Å². The fourth-order valence-corrected chi connectivity index (χ4v) is 5.16. The third-order valence-corrected chi connectivity index (χ3v) is 7.68. The van der Waals surface area contributed by atoms with Crippen molar-refractivity contribution in [3.63, 3.8) is 0 Å². The van der Waals surface area contributed by atoms with Crippen molar-refractivity contribution in [2.75, 3.05) is 13.1 Å². The van der Waals surface area contributed by atoms with Crippen LogP contribution >= 0.6 is 0 Å². The number of amidine groups is 1. The van der Waals surface area contributed by atoms with Crippen LogP contribution in [0.3, 0.4) is 0 Å². The Morgan fingerprint density at radius 1 is 1.10 bits per heavy atom. The fourth-order valence-electron chi connectivity index (χ4n) is 5.16. The summed E-state index contributed by atoms with van der Waals surface area (Å²) in [6.07, 6.45) is 2.78. The van der Waals surface area contributed by atoms with Crippen molar-refractivity contribution >= 4 is 29.5 Å². The standard InChI is InChI=1S/C29H46N8O4/c1-5-20-23(38)36-22(19-12-7-6-8-13-19)25(40)32-16-10-9-15-29(4)27(37(29)26(41)18(2)3)35-21(24(39)34-20)14-11-17-33-28(30)31/h6-8,12-13,18,20-22,28,33H,5,9-11,14-17,30-31H2,1-4H3,(H,32,40)(H,34,39)(H,36,38)/p+1. The molecule has 9 N–H and O–H groups in total. The predicted molar refractivity (Wildman–Crippen MR) is 156 cm³/mol. The first-order valence-corrected chi connectivity index (χ1v) is 14.7. The highest BCUT2D eigenvalue weighted by Gasteiger charge is 2.69. The Morgan fingerprint density at radius 3 is 2.44 bits per heavy atom. The largest absolute Gasteiger partial charge is 0.354 e. The van der Waals surface area contributed by atoms with Crippen molar-refractivity contribution in [1.29, 1.82) is 0 Å². The molecule has 1 aromatic rings. The lowest BCUT2D eigenvalue weighted by Gasteiger charge is -2.23. The molecule has 1 fully saturated rings. The van der Waals surface area contributed by atoms with Crippen LogP contribution in [0, 0.1) is 5.92 Å². The molecule has 12 heteroatoms. The number of fused-ring (bicyclic) bond motifs is 1. The maximum Gasteiger partial charge on any atom is 0.313 e. The summed E-state index contributed by atoms with van der Waals surface area (Å²) in [6, 6.07) is 6.57. The monoisotopic (exact) mass is 571 g/mol. The van der Waals surface area contributed by atoms with Gasteiger partial charge in [0.1, 0.15) is 18.4 Å². The van der Waals surface area contributed by atoms with Crippen molar-refractivity contribution in [3.05, 3.63) is 35.9 Å². The van der Waals surface area contributed by atoms with Gasteiger partial charge in [-0.2, -0.15) is 4.90 Å². The van der Waals surface area contributed by atoms with Crippen molar-refractivity contribution in [2.45, 2.75) is 96.2 Å². The molecular formula is C29H47N8O4+. The Bertz CT molecular complexity index is 1110. The van der Waals surface area contributed by atoms with Gasteiger partial charge in [0.05, 0.1) is 5.92 Å². The lowest BCUT2D eigenvalue weighted by molar-refractivity contribution is -0.488. The summed E-state index contributed by atoms with van der Waals surface area (Å²) >= 11 is 0. The van der Waals surface area contributed by atoms with Gasteiger partial charge in [0.15, 0.2) is 6.04 Å². The molecule has 4 atom stereocenters. The number of carbonyl (C=O) groups excluding carboxylic acids is 4. The van der Waals surface area contributed by atoms with Crippen LogP contribution in [-0.4, -0.2) is 71.4 Å². The minimum Gasteiger partial charge on any atom is -0.354 e. The summed E-state index contributed by atoms with van der Waals surface area (Å²) < 4.78 is 0. The maximum atomic E-state index is 13.6. The molecule has 12 nitrogen and oxygen atoms in total. The molecule has 0 aromatic heterocycles. The summed E-state index contributed by atoms with van der Waals surface area (Å²) in [6.45, 7) is 8.42. The normalized spacial score (nSPS) is 26.1. The Labute approximate surface area is 242 Å². The van der Waals surface area contributed by atoms with E-state index in [1.807, 2.05) is 39.0 Å². The van der Waals surface area contributed by atoms with Crippen LogP contribution in [-0.2, 0) is 19.2 Å². The van der Waals surface area contributed by atoms with E-state index >= 15 is 0 Å². The van der Waals surface area contributed by atoms with Crippen molar-refractivity contribution in [1.82, 2.24) is 26.2 Å². The van der Waals surface area contributed by atoms with Crippen LogP contribution in [0.25, 0.3) is 0 Å². The number of benzene rings is 1. The molecule has 0 bridgehead atoms. The van der Waals surface area contributed by atoms with Crippen LogP contribution in [0.1, 0.15) is 77.8 Å². The summed E-state index contributed by atoms with van der Waals surface area (Å²) in [5.41, 5.74) is 11.3. The second-order valence-electron chi connectivity index (χ2n) is 11.3. The minimum absolute atomic E-state index is 0.0207. The summed E-state index contributed by atoms with van der Waals surface area (Å²) in [5, 5.41) is 11.6. The second kappa shape index (κ2) is 14.5. The Kier molecular flexibility index (Phi) is 11.4. The molecule has 1 saturated heterocycles. The van der Waals surface area contributed by atoms with Crippen LogP contribution < -0.4 is 37.7 Å². The number of nitrogens with two attached hydrogens (primary N) is 2. The first-order valence-electron chi connectivity index (χ1n) is 14.7. The molecule has 0 spiro atoms. The number of nitrogens with zero attached hydrogens (tertiary/aromatic N) is 1.